The van der Waals surface area contributed by atoms with Gasteiger partial charge in [-0.3, -0.25) is 4.79 Å². The highest BCUT2D eigenvalue weighted by Gasteiger charge is 2.33. The lowest BCUT2D eigenvalue weighted by atomic mass is 9.88. The zero-order valence-corrected chi connectivity index (χ0v) is 13.1. The molecule has 3 nitrogen and oxygen atoms in total. The van der Waals surface area contributed by atoms with E-state index in [2.05, 4.69) is 0 Å². The molecule has 0 fully saturated rings. The van der Waals surface area contributed by atoms with Gasteiger partial charge in [-0.25, -0.2) is 0 Å². The van der Waals surface area contributed by atoms with Gasteiger partial charge in [-0.05, 0) is 23.6 Å². The zero-order chi connectivity index (χ0) is 15.6. The van der Waals surface area contributed by atoms with Crippen LogP contribution in [0.5, 0.6) is 11.5 Å². The quantitative estimate of drug-likeness (QED) is 0.654. The van der Waals surface area contributed by atoms with Crippen molar-refractivity contribution < 1.29 is 14.3 Å². The molecule has 0 atom stereocenters. The van der Waals surface area contributed by atoms with Crippen molar-refractivity contribution in [3.63, 3.8) is 0 Å². The molecule has 0 saturated heterocycles. The predicted octanol–water partition coefficient (Wildman–Crippen LogP) is 4.73. The number of rotatable bonds is 3. The number of thiophene rings is 1. The second-order valence-corrected chi connectivity index (χ2v) is 6.33. The first-order valence-corrected chi connectivity index (χ1v) is 8.25. The van der Waals surface area contributed by atoms with Crippen LogP contribution in [0.3, 0.4) is 0 Å². The van der Waals surface area contributed by atoms with E-state index in [0.29, 0.717) is 18.1 Å². The fraction of sp³-hybridized carbons (Fsp3) is 0.105. The largest absolute Gasteiger partial charge is 0.459 e. The van der Waals surface area contributed by atoms with Gasteiger partial charge in [0.15, 0.2) is 0 Å². The molecular weight excluding hydrogens is 308 g/mol. The molecule has 0 saturated carbocycles. The van der Waals surface area contributed by atoms with Crippen molar-refractivity contribution >= 4 is 17.3 Å². The first kappa shape index (κ1) is 14.0. The molecule has 0 unspecified atom stereocenters. The highest BCUT2D eigenvalue weighted by atomic mass is 32.1. The Morgan fingerprint density at radius 2 is 1.61 bits per heavy atom. The van der Waals surface area contributed by atoms with Crippen molar-refractivity contribution in [1.82, 2.24) is 0 Å². The van der Waals surface area contributed by atoms with E-state index in [4.69, 9.17) is 9.47 Å². The number of para-hydroxylation sites is 2. The van der Waals surface area contributed by atoms with Crippen LogP contribution in [0, 0.1) is 0 Å². The maximum Gasteiger partial charge on any atom is 0.318 e. The summed E-state index contributed by atoms with van der Waals surface area (Å²) in [5, 5.41) is 1.97. The summed E-state index contributed by atoms with van der Waals surface area (Å²) in [6.07, 6.45) is 0. The summed E-state index contributed by atoms with van der Waals surface area (Å²) < 4.78 is 11.5. The SMILES string of the molecule is O=C(OCc1cccs1)C1c2ccccc2Oc2ccccc21. The van der Waals surface area contributed by atoms with Gasteiger partial charge in [0.25, 0.3) is 0 Å². The fourth-order valence-corrected chi connectivity index (χ4v) is 3.40. The van der Waals surface area contributed by atoms with Crippen LogP contribution < -0.4 is 4.74 Å². The second-order valence-electron chi connectivity index (χ2n) is 5.30. The minimum atomic E-state index is -0.448. The molecule has 2 heterocycles. The standard InChI is InChI=1S/C19H14O3S/c20-19(21-12-13-6-5-11-23-13)18-14-7-1-3-9-16(14)22-17-10-4-2-8-15(17)18/h1-11,18H,12H2. The van der Waals surface area contributed by atoms with Crippen molar-refractivity contribution in [2.24, 2.45) is 0 Å². The van der Waals surface area contributed by atoms with Gasteiger partial charge < -0.3 is 9.47 Å². The van der Waals surface area contributed by atoms with E-state index in [9.17, 15) is 4.79 Å². The van der Waals surface area contributed by atoms with E-state index in [0.717, 1.165) is 16.0 Å². The van der Waals surface area contributed by atoms with Crippen LogP contribution in [0.4, 0.5) is 0 Å². The number of ether oxygens (including phenoxy) is 2. The van der Waals surface area contributed by atoms with Gasteiger partial charge in [0, 0.05) is 16.0 Å². The number of carbonyl (C=O) groups excluding carboxylic acids is 1. The fourth-order valence-electron chi connectivity index (χ4n) is 2.78. The molecule has 0 spiro atoms. The van der Waals surface area contributed by atoms with Gasteiger partial charge in [0.2, 0.25) is 0 Å². The number of esters is 1. The minimum Gasteiger partial charge on any atom is -0.459 e. The average molecular weight is 322 g/mol. The summed E-state index contributed by atoms with van der Waals surface area (Å²) in [6, 6.07) is 19.1. The third kappa shape index (κ3) is 2.62. The molecule has 114 valence electrons. The molecule has 4 heteroatoms. The van der Waals surface area contributed by atoms with E-state index in [1.165, 1.54) is 0 Å². The Kier molecular flexibility index (Phi) is 3.60. The Balaban J connectivity index is 1.68. The van der Waals surface area contributed by atoms with E-state index in [1.807, 2.05) is 66.0 Å². The summed E-state index contributed by atoms with van der Waals surface area (Å²) in [7, 11) is 0. The third-order valence-corrected chi connectivity index (χ3v) is 4.70. The Morgan fingerprint density at radius 3 is 2.22 bits per heavy atom. The van der Waals surface area contributed by atoms with E-state index >= 15 is 0 Å². The Hall–Kier alpha value is -2.59. The number of fused-ring (bicyclic) bond motifs is 2. The highest BCUT2D eigenvalue weighted by Crippen LogP contribution is 2.44. The van der Waals surface area contributed by atoms with E-state index in [-0.39, 0.29) is 5.97 Å². The predicted molar refractivity (Wildman–Crippen MR) is 88.9 cm³/mol. The van der Waals surface area contributed by atoms with Crippen LogP contribution in [-0.2, 0) is 16.1 Å². The Morgan fingerprint density at radius 1 is 0.957 bits per heavy atom. The van der Waals surface area contributed by atoms with Crippen molar-refractivity contribution in [1.29, 1.82) is 0 Å². The summed E-state index contributed by atoms with van der Waals surface area (Å²) in [4.78, 5) is 13.8. The minimum absolute atomic E-state index is 0.249. The summed E-state index contributed by atoms with van der Waals surface area (Å²) >= 11 is 1.58. The molecule has 1 aliphatic heterocycles. The van der Waals surface area contributed by atoms with E-state index in [1.54, 1.807) is 11.3 Å². The summed E-state index contributed by atoms with van der Waals surface area (Å²) in [5.74, 6) is 0.728. The average Bonchev–Trinajstić information content (AvgIpc) is 3.11. The van der Waals surface area contributed by atoms with Gasteiger partial charge in [-0.1, -0.05) is 42.5 Å². The van der Waals surface area contributed by atoms with Crippen molar-refractivity contribution in [2.75, 3.05) is 0 Å². The number of hydrogen-bond acceptors (Lipinski definition) is 4. The number of hydrogen-bond donors (Lipinski definition) is 0. The number of carbonyl (C=O) groups is 1. The first-order valence-electron chi connectivity index (χ1n) is 7.37. The Labute approximate surface area is 138 Å². The topological polar surface area (TPSA) is 35.5 Å². The van der Waals surface area contributed by atoms with E-state index < -0.39 is 5.92 Å². The van der Waals surface area contributed by atoms with Crippen LogP contribution in [0.25, 0.3) is 0 Å². The summed E-state index contributed by atoms with van der Waals surface area (Å²) in [6.45, 7) is 0.304. The molecule has 1 aromatic heterocycles. The molecule has 0 N–H and O–H groups in total. The van der Waals surface area contributed by atoms with Gasteiger partial charge in [-0.15, -0.1) is 11.3 Å². The number of benzene rings is 2. The molecule has 1 aliphatic rings. The lowest BCUT2D eigenvalue weighted by Gasteiger charge is -2.26. The third-order valence-electron chi connectivity index (χ3n) is 3.85. The van der Waals surface area contributed by atoms with Crippen LogP contribution in [-0.4, -0.2) is 5.97 Å². The monoisotopic (exact) mass is 322 g/mol. The molecule has 23 heavy (non-hydrogen) atoms. The van der Waals surface area contributed by atoms with Crippen LogP contribution >= 0.6 is 11.3 Å². The molecule has 0 amide bonds. The molecular formula is C19H14O3S. The second kappa shape index (κ2) is 5.89. The van der Waals surface area contributed by atoms with Gasteiger partial charge in [-0.2, -0.15) is 0 Å². The highest BCUT2D eigenvalue weighted by molar-refractivity contribution is 7.09. The van der Waals surface area contributed by atoms with Crippen LogP contribution in [0.15, 0.2) is 66.0 Å². The van der Waals surface area contributed by atoms with Gasteiger partial charge >= 0.3 is 5.97 Å². The lowest BCUT2D eigenvalue weighted by Crippen LogP contribution is -2.21. The molecule has 2 aromatic carbocycles. The molecule has 0 bridgehead atoms. The normalized spacial score (nSPS) is 12.9. The van der Waals surface area contributed by atoms with Crippen LogP contribution in [0.2, 0.25) is 0 Å². The van der Waals surface area contributed by atoms with Crippen molar-refractivity contribution in [3.8, 4) is 11.5 Å². The molecule has 0 radical (unpaired) electrons. The maximum absolute atomic E-state index is 12.7. The molecule has 4 rings (SSSR count). The smallest absolute Gasteiger partial charge is 0.318 e. The molecule has 0 aliphatic carbocycles. The zero-order valence-electron chi connectivity index (χ0n) is 12.3. The van der Waals surface area contributed by atoms with Crippen LogP contribution in [0.1, 0.15) is 21.9 Å². The van der Waals surface area contributed by atoms with Gasteiger partial charge in [0.1, 0.15) is 24.0 Å². The maximum atomic E-state index is 12.7. The summed E-state index contributed by atoms with van der Waals surface area (Å²) in [5.41, 5.74) is 1.70. The lowest BCUT2D eigenvalue weighted by molar-refractivity contribution is -0.145. The van der Waals surface area contributed by atoms with Crippen molar-refractivity contribution in [3.05, 3.63) is 82.0 Å². The van der Waals surface area contributed by atoms with Gasteiger partial charge in [0.05, 0.1) is 0 Å². The van der Waals surface area contributed by atoms with Crippen molar-refractivity contribution in [2.45, 2.75) is 12.5 Å². The Bertz CT molecular complexity index is 794. The molecule has 3 aromatic rings. The first-order chi connectivity index (χ1) is 11.3.